The molecule has 0 aromatic carbocycles. The number of fused-ring (bicyclic) bond motifs is 10. The van der Waals surface area contributed by atoms with Crippen molar-refractivity contribution < 1.29 is 10.2 Å². The number of hydrogen-bond donors (Lipinski definition) is 2. The van der Waals surface area contributed by atoms with E-state index in [4.69, 9.17) is 69.6 Å². The number of rotatable bonds is 0. The highest BCUT2D eigenvalue weighted by Crippen LogP contribution is 2.75. The molecule has 2 N–H and O–H groups in total. The maximum absolute atomic E-state index is 11.2. The summed E-state index contributed by atoms with van der Waals surface area (Å²) in [4.78, 5) is -2.10. The Morgan fingerprint density at radius 3 is 1.54 bits per heavy atom. The van der Waals surface area contributed by atoms with Crippen LogP contribution in [-0.2, 0) is 0 Å². The average Bonchev–Trinajstić information content (AvgIpc) is 3.09. The summed E-state index contributed by atoms with van der Waals surface area (Å²) >= 11 is 39.5. The van der Waals surface area contributed by atoms with Crippen molar-refractivity contribution in [2.24, 2.45) is 35.5 Å². The summed E-state index contributed by atoms with van der Waals surface area (Å²) < 4.78 is -1.03. The molecule has 0 aliphatic heterocycles. The molecule has 8 heteroatoms. The zero-order valence-corrected chi connectivity index (χ0v) is 16.7. The average molecular weight is 451 g/mol. The normalized spacial score (nSPS) is 62.3. The summed E-state index contributed by atoms with van der Waals surface area (Å²) in [5.74, 6) is -1.98. The lowest BCUT2D eigenvalue weighted by molar-refractivity contribution is -0.121. The van der Waals surface area contributed by atoms with Crippen molar-refractivity contribution in [2.75, 3.05) is 0 Å². The molecule has 0 aromatic rings. The first kappa shape index (κ1) is 17.3. The maximum Gasteiger partial charge on any atom is 0.131 e. The third-order valence-electron chi connectivity index (χ3n) is 7.09. The Balaban J connectivity index is 1.68. The molecule has 4 bridgehead atoms. The molecule has 0 saturated heterocycles. The molecule has 10 atom stereocenters. The lowest BCUT2D eigenvalue weighted by atomic mass is 9.58. The van der Waals surface area contributed by atoms with E-state index in [1.807, 2.05) is 12.2 Å². The van der Waals surface area contributed by atoms with Crippen molar-refractivity contribution in [1.82, 2.24) is 0 Å². The molecular formula is C16H14Cl6O2. The van der Waals surface area contributed by atoms with Gasteiger partial charge in [0.05, 0.1) is 32.0 Å². The van der Waals surface area contributed by atoms with Crippen LogP contribution in [-0.4, -0.2) is 36.5 Å². The molecular weight excluding hydrogens is 437 g/mol. The predicted octanol–water partition coefficient (Wildman–Crippen LogP) is 4.24. The van der Waals surface area contributed by atoms with E-state index in [9.17, 15) is 10.2 Å². The molecule has 5 aliphatic rings. The van der Waals surface area contributed by atoms with Crippen LogP contribution >= 0.6 is 69.6 Å². The molecule has 10 unspecified atom stereocenters. The fraction of sp³-hybridized carbons (Fsp3) is 0.750. The van der Waals surface area contributed by atoms with Crippen molar-refractivity contribution in [3.63, 3.8) is 0 Å². The van der Waals surface area contributed by atoms with E-state index in [2.05, 4.69) is 0 Å². The number of alkyl halides is 4. The minimum atomic E-state index is -1.05. The molecule has 5 aliphatic carbocycles. The number of aliphatic hydroxyl groups is 2. The monoisotopic (exact) mass is 448 g/mol. The van der Waals surface area contributed by atoms with Gasteiger partial charge in [0, 0.05) is 35.5 Å². The lowest BCUT2D eigenvalue weighted by Gasteiger charge is -2.52. The van der Waals surface area contributed by atoms with Crippen LogP contribution in [0.15, 0.2) is 22.2 Å². The van der Waals surface area contributed by atoms with Gasteiger partial charge in [-0.05, 0) is 6.42 Å². The summed E-state index contributed by atoms with van der Waals surface area (Å²) in [7, 11) is 0. The fourth-order valence-corrected chi connectivity index (χ4v) is 9.19. The molecule has 132 valence electrons. The minimum absolute atomic E-state index is 0.231. The summed E-state index contributed by atoms with van der Waals surface area (Å²) in [5.41, 5.74) is 0. The van der Waals surface area contributed by atoms with Crippen LogP contribution in [0, 0.1) is 35.5 Å². The third kappa shape index (κ3) is 1.60. The summed E-state index contributed by atoms with van der Waals surface area (Å²) in [5, 5.41) is 23.0. The number of aliphatic hydroxyl groups excluding tert-OH is 2. The highest BCUT2D eigenvalue weighted by molar-refractivity contribution is 6.51. The summed E-state index contributed by atoms with van der Waals surface area (Å²) in [6, 6.07) is 0. The van der Waals surface area contributed by atoms with Crippen molar-refractivity contribution in [2.45, 2.75) is 32.7 Å². The predicted molar refractivity (Wildman–Crippen MR) is 97.0 cm³/mol. The molecule has 3 saturated carbocycles. The Kier molecular flexibility index (Phi) is 3.42. The van der Waals surface area contributed by atoms with Crippen LogP contribution in [0.2, 0.25) is 0 Å². The molecule has 5 rings (SSSR count). The van der Waals surface area contributed by atoms with Crippen molar-refractivity contribution in [1.29, 1.82) is 0 Å². The number of hydrogen-bond acceptors (Lipinski definition) is 2. The lowest BCUT2D eigenvalue weighted by Crippen LogP contribution is -2.60. The summed E-state index contributed by atoms with van der Waals surface area (Å²) in [6.45, 7) is 0. The minimum Gasteiger partial charge on any atom is -0.392 e. The van der Waals surface area contributed by atoms with E-state index in [-0.39, 0.29) is 33.7 Å². The van der Waals surface area contributed by atoms with E-state index < -0.39 is 38.1 Å². The van der Waals surface area contributed by atoms with Crippen LogP contribution in [0.5, 0.6) is 0 Å². The Bertz CT molecular complexity index is 653. The first-order chi connectivity index (χ1) is 11.1. The van der Waals surface area contributed by atoms with Crippen LogP contribution < -0.4 is 0 Å². The van der Waals surface area contributed by atoms with Gasteiger partial charge in [0.15, 0.2) is 0 Å². The second-order valence-electron chi connectivity index (χ2n) is 7.83. The summed E-state index contributed by atoms with van der Waals surface area (Å²) in [6.07, 6.45) is 2.57. The van der Waals surface area contributed by atoms with Crippen molar-refractivity contribution >= 4 is 69.6 Å². The number of halogens is 6. The van der Waals surface area contributed by atoms with Gasteiger partial charge in [0.2, 0.25) is 0 Å². The van der Waals surface area contributed by atoms with Crippen molar-refractivity contribution in [3.05, 3.63) is 22.2 Å². The van der Waals surface area contributed by atoms with E-state index >= 15 is 0 Å². The van der Waals surface area contributed by atoms with Crippen molar-refractivity contribution in [3.8, 4) is 0 Å². The Morgan fingerprint density at radius 1 is 0.792 bits per heavy atom. The van der Waals surface area contributed by atoms with Gasteiger partial charge in [-0.1, -0.05) is 35.4 Å². The van der Waals surface area contributed by atoms with Gasteiger partial charge >= 0.3 is 0 Å². The van der Waals surface area contributed by atoms with Crippen LogP contribution in [0.25, 0.3) is 0 Å². The standard InChI is InChI=1S/C16H14Cl6O2/c17-12-13(18)15(20)3-14(12,19)8-9(15)11(24)7-5-2-1-4(16(5,21)22)6(7)10(8)23/h1-2,4-11,23-24H,3H2. The van der Waals surface area contributed by atoms with Gasteiger partial charge in [0.25, 0.3) is 0 Å². The van der Waals surface area contributed by atoms with Crippen LogP contribution in [0.1, 0.15) is 6.42 Å². The van der Waals surface area contributed by atoms with Gasteiger partial charge in [0.1, 0.15) is 4.33 Å². The smallest absolute Gasteiger partial charge is 0.131 e. The van der Waals surface area contributed by atoms with E-state index in [1.54, 1.807) is 0 Å². The van der Waals surface area contributed by atoms with Crippen LogP contribution in [0.4, 0.5) is 0 Å². The Labute approximate surface area is 169 Å². The molecule has 0 spiro atoms. The molecule has 24 heavy (non-hydrogen) atoms. The molecule has 0 aromatic heterocycles. The molecule has 0 amide bonds. The maximum atomic E-state index is 11.2. The van der Waals surface area contributed by atoms with Gasteiger partial charge in [-0.25, -0.2) is 0 Å². The largest absolute Gasteiger partial charge is 0.392 e. The van der Waals surface area contributed by atoms with E-state index in [0.29, 0.717) is 6.42 Å². The number of allylic oxidation sites excluding steroid dienone is 4. The first-order valence-electron chi connectivity index (χ1n) is 7.93. The van der Waals surface area contributed by atoms with Gasteiger partial charge in [-0.3, -0.25) is 0 Å². The highest BCUT2D eigenvalue weighted by Gasteiger charge is 2.78. The van der Waals surface area contributed by atoms with Gasteiger partial charge < -0.3 is 10.2 Å². The molecule has 0 radical (unpaired) electrons. The van der Waals surface area contributed by atoms with E-state index in [1.165, 1.54) is 0 Å². The highest BCUT2D eigenvalue weighted by atomic mass is 35.5. The zero-order valence-electron chi connectivity index (χ0n) is 12.1. The van der Waals surface area contributed by atoms with Gasteiger partial charge in [-0.2, -0.15) is 0 Å². The molecule has 2 nitrogen and oxygen atoms in total. The Hall–Kier alpha value is 1.14. The Morgan fingerprint density at radius 2 is 1.17 bits per heavy atom. The quantitative estimate of drug-likeness (QED) is 0.428. The molecule has 3 fully saturated rings. The molecule has 0 heterocycles. The first-order valence-corrected chi connectivity index (χ1v) is 10.2. The second-order valence-corrected chi connectivity index (χ2v) is 11.4. The third-order valence-corrected chi connectivity index (χ3v) is 10.6. The zero-order chi connectivity index (χ0) is 17.4. The topological polar surface area (TPSA) is 40.5 Å². The SMILES string of the molecule is OC1C2C(C(O)C3C1C1(Cl)CC3(Cl)C(Cl)=C1Cl)C1C=CC2C1(Cl)Cl. The fourth-order valence-electron chi connectivity index (χ4n) is 6.28. The van der Waals surface area contributed by atoms with Gasteiger partial charge in [-0.15, -0.1) is 46.4 Å². The van der Waals surface area contributed by atoms with E-state index in [0.717, 1.165) is 0 Å². The van der Waals surface area contributed by atoms with Crippen LogP contribution in [0.3, 0.4) is 0 Å². The second kappa shape index (κ2) is 4.75.